The maximum Gasteiger partial charge on any atom is 0.263 e. The van der Waals surface area contributed by atoms with E-state index in [9.17, 15) is 13.2 Å². The highest BCUT2D eigenvalue weighted by molar-refractivity contribution is 7.93. The predicted molar refractivity (Wildman–Crippen MR) is 130 cm³/mol. The first-order valence-corrected chi connectivity index (χ1v) is 12.3. The molecule has 0 bridgehead atoms. The summed E-state index contributed by atoms with van der Waals surface area (Å²) in [5.41, 5.74) is 3.30. The van der Waals surface area contributed by atoms with E-state index in [2.05, 4.69) is 15.0 Å². The third-order valence-corrected chi connectivity index (χ3v) is 6.99. The Hall–Kier alpha value is -3.69. The van der Waals surface area contributed by atoms with Crippen LogP contribution >= 0.6 is 11.3 Å². The van der Waals surface area contributed by atoms with Crippen molar-refractivity contribution < 1.29 is 17.9 Å². The van der Waals surface area contributed by atoms with Crippen molar-refractivity contribution in [3.63, 3.8) is 0 Å². The highest BCUT2D eigenvalue weighted by atomic mass is 32.2. The van der Waals surface area contributed by atoms with Gasteiger partial charge in [0.25, 0.3) is 10.0 Å². The number of sulfonamides is 1. The summed E-state index contributed by atoms with van der Waals surface area (Å²) < 4.78 is 32.6. The van der Waals surface area contributed by atoms with Crippen molar-refractivity contribution in [2.24, 2.45) is 0 Å². The molecule has 9 heteroatoms. The Morgan fingerprint density at radius 2 is 1.70 bits per heavy atom. The standard InChI is InChI=1S/C24H21N3O4S2/c1-31-21-4-2-3-17(15-21)16-23(28)26-20-9-5-18(6-10-20)19-7-11-22(12-8-19)33(29,30)27-24-25-13-14-32-24/h2-15H,16H2,1H3,(H,25,27)(H,26,28). The third-order valence-electron chi connectivity index (χ3n) is 4.82. The van der Waals surface area contributed by atoms with E-state index in [1.165, 1.54) is 17.5 Å². The van der Waals surface area contributed by atoms with E-state index in [1.807, 2.05) is 48.5 Å². The van der Waals surface area contributed by atoms with Gasteiger partial charge in [-0.05, 0) is 53.1 Å². The number of nitrogens with one attached hydrogen (secondary N) is 2. The largest absolute Gasteiger partial charge is 0.497 e. The molecule has 168 valence electrons. The number of thiazole rings is 1. The van der Waals surface area contributed by atoms with E-state index in [-0.39, 0.29) is 17.2 Å². The fraction of sp³-hybridized carbons (Fsp3) is 0.0833. The highest BCUT2D eigenvalue weighted by Crippen LogP contribution is 2.25. The van der Waals surface area contributed by atoms with Gasteiger partial charge < -0.3 is 10.1 Å². The average Bonchev–Trinajstić information content (AvgIpc) is 3.32. The maximum atomic E-state index is 12.5. The molecule has 0 aliphatic heterocycles. The van der Waals surface area contributed by atoms with Crippen LogP contribution in [0.25, 0.3) is 11.1 Å². The number of aromatic nitrogens is 1. The molecule has 0 atom stereocenters. The monoisotopic (exact) mass is 479 g/mol. The SMILES string of the molecule is COc1cccc(CC(=O)Nc2ccc(-c3ccc(S(=O)(=O)Nc4nccs4)cc3)cc2)c1. The van der Waals surface area contributed by atoms with E-state index in [0.717, 1.165) is 16.7 Å². The second kappa shape index (κ2) is 9.85. The molecule has 1 aromatic heterocycles. The molecule has 4 rings (SSSR count). The first kappa shape index (κ1) is 22.5. The molecular weight excluding hydrogens is 458 g/mol. The summed E-state index contributed by atoms with van der Waals surface area (Å²) in [5.74, 6) is 0.584. The molecule has 0 fully saturated rings. The molecule has 2 N–H and O–H groups in total. The van der Waals surface area contributed by atoms with Gasteiger partial charge in [0, 0.05) is 17.3 Å². The molecule has 0 aliphatic carbocycles. The van der Waals surface area contributed by atoms with E-state index in [4.69, 9.17) is 4.74 Å². The molecule has 1 heterocycles. The number of ether oxygens (including phenoxy) is 1. The van der Waals surface area contributed by atoms with Gasteiger partial charge in [0.1, 0.15) is 5.75 Å². The number of rotatable bonds is 8. The van der Waals surface area contributed by atoms with Crippen LogP contribution in [0.2, 0.25) is 0 Å². The molecule has 0 radical (unpaired) electrons. The van der Waals surface area contributed by atoms with Crippen LogP contribution in [-0.2, 0) is 21.2 Å². The van der Waals surface area contributed by atoms with Gasteiger partial charge in [-0.3, -0.25) is 9.52 Å². The van der Waals surface area contributed by atoms with Crippen LogP contribution in [0.4, 0.5) is 10.8 Å². The molecule has 0 aliphatic rings. The fourth-order valence-electron chi connectivity index (χ4n) is 3.19. The summed E-state index contributed by atoms with van der Waals surface area (Å²) in [5, 5.41) is 4.91. The second-order valence-corrected chi connectivity index (χ2v) is 9.70. The Balaban J connectivity index is 1.40. The van der Waals surface area contributed by atoms with Crippen molar-refractivity contribution in [2.75, 3.05) is 17.1 Å². The number of nitrogens with zero attached hydrogens (tertiary/aromatic N) is 1. The minimum atomic E-state index is -3.69. The topological polar surface area (TPSA) is 97.4 Å². The number of benzene rings is 3. The molecule has 33 heavy (non-hydrogen) atoms. The van der Waals surface area contributed by atoms with Crippen LogP contribution in [0.1, 0.15) is 5.56 Å². The Morgan fingerprint density at radius 1 is 1.00 bits per heavy atom. The molecule has 7 nitrogen and oxygen atoms in total. The summed E-state index contributed by atoms with van der Waals surface area (Å²) in [6, 6.07) is 21.4. The number of carbonyl (C=O) groups excluding carboxylic acids is 1. The van der Waals surface area contributed by atoms with Crippen molar-refractivity contribution in [3.8, 4) is 16.9 Å². The zero-order valence-electron chi connectivity index (χ0n) is 17.7. The second-order valence-electron chi connectivity index (χ2n) is 7.12. The van der Waals surface area contributed by atoms with Gasteiger partial charge in [-0.1, -0.05) is 36.4 Å². The number of hydrogen-bond acceptors (Lipinski definition) is 6. The molecular formula is C24H21N3O4S2. The van der Waals surface area contributed by atoms with Gasteiger partial charge in [0.15, 0.2) is 5.13 Å². The molecule has 0 saturated heterocycles. The summed E-state index contributed by atoms with van der Waals surface area (Å²) in [6.07, 6.45) is 1.78. The smallest absolute Gasteiger partial charge is 0.263 e. The minimum Gasteiger partial charge on any atom is -0.497 e. The molecule has 0 saturated carbocycles. The number of carbonyl (C=O) groups is 1. The summed E-state index contributed by atoms with van der Waals surface area (Å²) in [6.45, 7) is 0. The highest BCUT2D eigenvalue weighted by Gasteiger charge is 2.15. The first-order chi connectivity index (χ1) is 15.9. The number of methoxy groups -OCH3 is 1. The predicted octanol–water partition coefficient (Wildman–Crippen LogP) is 4.80. The van der Waals surface area contributed by atoms with Crippen LogP contribution in [0.3, 0.4) is 0 Å². The minimum absolute atomic E-state index is 0.127. The number of hydrogen-bond donors (Lipinski definition) is 2. The Morgan fingerprint density at radius 3 is 2.33 bits per heavy atom. The van der Waals surface area contributed by atoms with Crippen LogP contribution < -0.4 is 14.8 Å². The Labute approximate surface area is 196 Å². The van der Waals surface area contributed by atoms with Gasteiger partial charge in [-0.15, -0.1) is 11.3 Å². The summed E-state index contributed by atoms with van der Waals surface area (Å²) >= 11 is 1.21. The Bertz CT molecular complexity index is 1340. The number of anilines is 2. The van der Waals surface area contributed by atoms with Crippen LogP contribution in [0, 0.1) is 0 Å². The summed E-state index contributed by atoms with van der Waals surface area (Å²) in [4.78, 5) is 16.5. The molecule has 4 aromatic rings. The zero-order chi connectivity index (χ0) is 23.3. The van der Waals surface area contributed by atoms with E-state index < -0.39 is 10.0 Å². The lowest BCUT2D eigenvalue weighted by molar-refractivity contribution is -0.115. The lowest BCUT2D eigenvalue weighted by Gasteiger charge is -2.09. The van der Waals surface area contributed by atoms with Crippen molar-refractivity contribution in [1.29, 1.82) is 0 Å². The van der Waals surface area contributed by atoms with Crippen molar-refractivity contribution in [2.45, 2.75) is 11.3 Å². The fourth-order valence-corrected chi connectivity index (χ4v) is 4.98. The first-order valence-electron chi connectivity index (χ1n) is 9.98. The maximum absolute atomic E-state index is 12.5. The quantitative estimate of drug-likeness (QED) is 0.378. The molecule has 0 unspecified atom stereocenters. The van der Waals surface area contributed by atoms with E-state index >= 15 is 0 Å². The normalized spacial score (nSPS) is 11.1. The Kier molecular flexibility index (Phi) is 6.71. The third kappa shape index (κ3) is 5.76. The van der Waals surface area contributed by atoms with Gasteiger partial charge in [-0.25, -0.2) is 13.4 Å². The van der Waals surface area contributed by atoms with Crippen LogP contribution in [0.5, 0.6) is 5.75 Å². The van der Waals surface area contributed by atoms with Gasteiger partial charge in [-0.2, -0.15) is 0 Å². The zero-order valence-corrected chi connectivity index (χ0v) is 19.3. The van der Waals surface area contributed by atoms with Crippen molar-refractivity contribution in [3.05, 3.63) is 89.9 Å². The lowest BCUT2D eigenvalue weighted by Crippen LogP contribution is -2.14. The molecule has 0 spiro atoms. The van der Waals surface area contributed by atoms with Gasteiger partial charge >= 0.3 is 0 Å². The van der Waals surface area contributed by atoms with E-state index in [1.54, 1.807) is 36.8 Å². The van der Waals surface area contributed by atoms with Gasteiger partial charge in [0.2, 0.25) is 5.91 Å². The van der Waals surface area contributed by atoms with Crippen LogP contribution in [-0.4, -0.2) is 26.4 Å². The average molecular weight is 480 g/mol. The molecule has 3 aromatic carbocycles. The van der Waals surface area contributed by atoms with Crippen molar-refractivity contribution >= 4 is 38.1 Å². The molecule has 1 amide bonds. The van der Waals surface area contributed by atoms with Gasteiger partial charge in [0.05, 0.1) is 18.4 Å². The van der Waals surface area contributed by atoms with E-state index in [0.29, 0.717) is 16.6 Å². The lowest BCUT2D eigenvalue weighted by atomic mass is 10.1. The van der Waals surface area contributed by atoms with Crippen molar-refractivity contribution in [1.82, 2.24) is 4.98 Å². The van der Waals surface area contributed by atoms with Crippen LogP contribution in [0.15, 0.2) is 89.3 Å². The number of amides is 1. The summed E-state index contributed by atoms with van der Waals surface area (Å²) in [7, 11) is -2.10.